The molecule has 1 aromatic carbocycles. The number of pyridine rings is 1. The number of nitrogens with zero attached hydrogens (tertiary/aromatic N) is 1. The highest BCUT2D eigenvalue weighted by molar-refractivity contribution is 6.35. The lowest BCUT2D eigenvalue weighted by atomic mass is 10.2. The van der Waals surface area contributed by atoms with Crippen LogP contribution in [0.1, 0.15) is 5.56 Å². The molecule has 3 rings (SSSR count). The minimum absolute atomic E-state index is 0.0786. The summed E-state index contributed by atoms with van der Waals surface area (Å²) in [6.45, 7) is -1.35. The SMILES string of the molecule is O=C(NCc1ccnc(OCC(F)(F)F)c1)Nc1cc(Cl)c2cc[nH]c2c1. The maximum Gasteiger partial charge on any atom is 0.422 e. The van der Waals surface area contributed by atoms with Gasteiger partial charge in [-0.15, -0.1) is 0 Å². The summed E-state index contributed by atoms with van der Waals surface area (Å²) in [7, 11) is 0. The van der Waals surface area contributed by atoms with Crippen LogP contribution in [0.3, 0.4) is 0 Å². The van der Waals surface area contributed by atoms with Crippen molar-refractivity contribution in [2.24, 2.45) is 0 Å². The second-order valence-corrected chi connectivity index (χ2v) is 6.02. The van der Waals surface area contributed by atoms with Crippen LogP contribution in [0.5, 0.6) is 5.88 Å². The predicted octanol–water partition coefficient (Wildman–Crippen LogP) is 4.48. The van der Waals surface area contributed by atoms with Gasteiger partial charge in [0.15, 0.2) is 6.61 Å². The topological polar surface area (TPSA) is 79.0 Å². The molecule has 6 nitrogen and oxygen atoms in total. The number of carbonyl (C=O) groups excluding carboxylic acids is 1. The summed E-state index contributed by atoms with van der Waals surface area (Å²) < 4.78 is 41.1. The summed E-state index contributed by atoms with van der Waals surface area (Å²) in [5, 5.41) is 6.57. The standard InChI is InChI=1S/C17H14ClF3N4O2/c18-13-6-11(7-14-12(13)2-4-22-14)25-16(26)24-8-10-1-3-23-15(5-10)27-9-17(19,20)21/h1-7,22H,8-9H2,(H2,24,25,26). The highest BCUT2D eigenvalue weighted by Crippen LogP contribution is 2.27. The average molecular weight is 399 g/mol. The lowest BCUT2D eigenvalue weighted by molar-refractivity contribution is -0.154. The molecule has 2 heterocycles. The third kappa shape index (κ3) is 5.27. The van der Waals surface area contributed by atoms with Crippen molar-refractivity contribution in [3.63, 3.8) is 0 Å². The van der Waals surface area contributed by atoms with Gasteiger partial charge in [-0.2, -0.15) is 13.2 Å². The molecule has 10 heteroatoms. The molecule has 2 aromatic heterocycles. The maximum absolute atomic E-state index is 12.2. The summed E-state index contributed by atoms with van der Waals surface area (Å²) in [6.07, 6.45) is -1.40. The summed E-state index contributed by atoms with van der Waals surface area (Å²) in [4.78, 5) is 18.7. The maximum atomic E-state index is 12.2. The van der Waals surface area contributed by atoms with Gasteiger partial charge in [0.2, 0.25) is 5.88 Å². The zero-order chi connectivity index (χ0) is 19.4. The second-order valence-electron chi connectivity index (χ2n) is 5.61. The fourth-order valence-electron chi connectivity index (χ4n) is 2.35. The van der Waals surface area contributed by atoms with E-state index >= 15 is 0 Å². The van der Waals surface area contributed by atoms with E-state index in [0.29, 0.717) is 16.3 Å². The molecule has 0 spiro atoms. The van der Waals surface area contributed by atoms with E-state index in [-0.39, 0.29) is 12.4 Å². The van der Waals surface area contributed by atoms with Crippen LogP contribution in [-0.4, -0.2) is 28.8 Å². The number of hydrogen-bond donors (Lipinski definition) is 3. The van der Waals surface area contributed by atoms with Crippen LogP contribution in [0.15, 0.2) is 42.7 Å². The summed E-state index contributed by atoms with van der Waals surface area (Å²) >= 11 is 6.15. The number of urea groups is 1. The molecule has 2 amide bonds. The minimum Gasteiger partial charge on any atom is -0.468 e. The Labute approximate surface area is 156 Å². The number of aromatic amines is 1. The molecule has 0 saturated heterocycles. The Kier molecular flexibility index (Phi) is 5.41. The third-order valence-electron chi connectivity index (χ3n) is 3.51. The smallest absolute Gasteiger partial charge is 0.422 e. The van der Waals surface area contributed by atoms with Crippen LogP contribution < -0.4 is 15.4 Å². The predicted molar refractivity (Wildman–Crippen MR) is 95.0 cm³/mol. The Morgan fingerprint density at radius 1 is 1.26 bits per heavy atom. The highest BCUT2D eigenvalue weighted by atomic mass is 35.5. The van der Waals surface area contributed by atoms with Crippen molar-refractivity contribution in [2.45, 2.75) is 12.7 Å². The van der Waals surface area contributed by atoms with Crippen molar-refractivity contribution in [2.75, 3.05) is 11.9 Å². The van der Waals surface area contributed by atoms with E-state index in [0.717, 1.165) is 10.9 Å². The molecule has 0 saturated carbocycles. The second kappa shape index (κ2) is 7.75. The number of hydrogen-bond acceptors (Lipinski definition) is 3. The quantitative estimate of drug-likeness (QED) is 0.593. The first-order valence-electron chi connectivity index (χ1n) is 7.76. The van der Waals surface area contributed by atoms with E-state index in [1.54, 1.807) is 24.4 Å². The van der Waals surface area contributed by atoms with Gasteiger partial charge in [0, 0.05) is 41.6 Å². The molecule has 0 aliphatic carbocycles. The van der Waals surface area contributed by atoms with Gasteiger partial charge in [-0.1, -0.05) is 11.6 Å². The van der Waals surface area contributed by atoms with Gasteiger partial charge in [0.25, 0.3) is 0 Å². The lowest BCUT2D eigenvalue weighted by Gasteiger charge is -2.11. The van der Waals surface area contributed by atoms with Crippen molar-refractivity contribution >= 4 is 34.2 Å². The average Bonchev–Trinajstić information content (AvgIpc) is 3.07. The summed E-state index contributed by atoms with van der Waals surface area (Å²) in [6, 6.07) is 7.56. The number of anilines is 1. The number of halogens is 4. The number of alkyl halides is 3. The molecule has 0 bridgehead atoms. The van der Waals surface area contributed by atoms with E-state index in [9.17, 15) is 18.0 Å². The number of rotatable bonds is 5. The number of ether oxygens (including phenoxy) is 1. The highest BCUT2D eigenvalue weighted by Gasteiger charge is 2.28. The molecule has 27 heavy (non-hydrogen) atoms. The van der Waals surface area contributed by atoms with E-state index in [1.807, 2.05) is 6.07 Å². The number of aromatic nitrogens is 2. The molecule has 0 radical (unpaired) electrons. The van der Waals surface area contributed by atoms with Crippen LogP contribution in [0, 0.1) is 0 Å². The zero-order valence-electron chi connectivity index (χ0n) is 13.7. The van der Waals surface area contributed by atoms with Gasteiger partial charge < -0.3 is 20.4 Å². The Balaban J connectivity index is 1.57. The molecule has 0 aliphatic rings. The number of amides is 2. The van der Waals surface area contributed by atoms with Crippen LogP contribution in [0.4, 0.5) is 23.7 Å². The molecular weight excluding hydrogens is 385 g/mol. The van der Waals surface area contributed by atoms with Crippen molar-refractivity contribution < 1.29 is 22.7 Å². The summed E-state index contributed by atoms with van der Waals surface area (Å²) in [5.41, 5.74) is 1.81. The van der Waals surface area contributed by atoms with Gasteiger partial charge in [-0.05, 0) is 29.8 Å². The van der Waals surface area contributed by atoms with Crippen LogP contribution in [0.2, 0.25) is 5.02 Å². The number of carbonyl (C=O) groups is 1. The molecule has 0 atom stereocenters. The van der Waals surface area contributed by atoms with E-state index in [1.165, 1.54) is 12.3 Å². The van der Waals surface area contributed by atoms with E-state index < -0.39 is 18.8 Å². The Bertz CT molecular complexity index is 959. The minimum atomic E-state index is -4.45. The normalized spacial score (nSPS) is 11.4. The molecular formula is C17H14ClF3N4O2. The molecule has 0 aliphatic heterocycles. The molecule has 3 N–H and O–H groups in total. The van der Waals surface area contributed by atoms with Crippen LogP contribution in [0.25, 0.3) is 10.9 Å². The van der Waals surface area contributed by atoms with Gasteiger partial charge in [0.1, 0.15) is 0 Å². The first-order valence-corrected chi connectivity index (χ1v) is 8.14. The van der Waals surface area contributed by atoms with Gasteiger partial charge >= 0.3 is 12.2 Å². The first kappa shape index (κ1) is 18.8. The third-order valence-corrected chi connectivity index (χ3v) is 3.82. The number of nitrogens with one attached hydrogen (secondary N) is 3. The van der Waals surface area contributed by atoms with Gasteiger partial charge in [-0.3, -0.25) is 0 Å². The Morgan fingerprint density at radius 2 is 2.07 bits per heavy atom. The first-order chi connectivity index (χ1) is 12.8. The molecule has 3 aromatic rings. The van der Waals surface area contributed by atoms with E-state index in [2.05, 4.69) is 25.3 Å². The van der Waals surface area contributed by atoms with E-state index in [4.69, 9.17) is 11.6 Å². The molecule has 0 fully saturated rings. The van der Waals surface area contributed by atoms with Gasteiger partial charge in [-0.25, -0.2) is 9.78 Å². The lowest BCUT2D eigenvalue weighted by Crippen LogP contribution is -2.28. The Hall–Kier alpha value is -2.94. The Morgan fingerprint density at radius 3 is 2.85 bits per heavy atom. The van der Waals surface area contributed by atoms with Crippen molar-refractivity contribution in [1.82, 2.24) is 15.3 Å². The largest absolute Gasteiger partial charge is 0.468 e. The van der Waals surface area contributed by atoms with Gasteiger partial charge in [0.05, 0.1) is 5.02 Å². The van der Waals surface area contributed by atoms with Crippen LogP contribution in [-0.2, 0) is 6.54 Å². The summed E-state index contributed by atoms with van der Waals surface area (Å²) in [5.74, 6) is -0.170. The molecule has 0 unspecified atom stereocenters. The number of benzene rings is 1. The van der Waals surface area contributed by atoms with Crippen molar-refractivity contribution in [1.29, 1.82) is 0 Å². The fraction of sp³-hybridized carbons (Fsp3) is 0.176. The monoisotopic (exact) mass is 398 g/mol. The molecule has 142 valence electrons. The fourth-order valence-corrected chi connectivity index (χ4v) is 2.63. The van der Waals surface area contributed by atoms with Crippen LogP contribution >= 0.6 is 11.6 Å². The number of fused-ring (bicyclic) bond motifs is 1. The number of H-pyrrole nitrogens is 1. The van der Waals surface area contributed by atoms with Crippen molar-refractivity contribution in [3.05, 3.63) is 53.3 Å². The van der Waals surface area contributed by atoms with Crippen molar-refractivity contribution in [3.8, 4) is 5.88 Å². The zero-order valence-corrected chi connectivity index (χ0v) is 14.5.